The molecule has 2 nitrogen and oxygen atoms in total. The first-order valence-corrected chi connectivity index (χ1v) is 5.16. The number of halogens is 2. The molecule has 0 saturated heterocycles. The SMILES string of the molecule is CB(O)NCc1cc(C)c(Br)cc1F. The molecule has 5 heteroatoms. The second-order valence-corrected chi connectivity index (χ2v) is 4.10. The van der Waals surface area contributed by atoms with Gasteiger partial charge >= 0.3 is 7.05 Å². The van der Waals surface area contributed by atoms with E-state index in [1.807, 2.05) is 6.92 Å². The van der Waals surface area contributed by atoms with Crippen LogP contribution in [0.25, 0.3) is 0 Å². The molecular weight excluding hydrogens is 248 g/mol. The van der Waals surface area contributed by atoms with Crippen molar-refractivity contribution in [2.45, 2.75) is 20.3 Å². The predicted molar refractivity (Wildman–Crippen MR) is 59.5 cm³/mol. The fourth-order valence-corrected chi connectivity index (χ4v) is 1.43. The van der Waals surface area contributed by atoms with Crippen LogP contribution in [0.5, 0.6) is 0 Å². The smallest absolute Gasteiger partial charge is 0.373 e. The summed E-state index contributed by atoms with van der Waals surface area (Å²) in [6.07, 6.45) is 0. The maximum absolute atomic E-state index is 13.3. The Morgan fingerprint density at radius 3 is 2.79 bits per heavy atom. The summed E-state index contributed by atoms with van der Waals surface area (Å²) in [6, 6.07) is 3.20. The highest BCUT2D eigenvalue weighted by Crippen LogP contribution is 2.20. The standard InChI is InChI=1S/C9H12BBrFNO/c1-6-3-7(5-13-10(2)14)9(12)4-8(6)11/h3-4,13-14H,5H2,1-2H3. The van der Waals surface area contributed by atoms with Gasteiger partial charge in [-0.25, -0.2) is 4.39 Å². The van der Waals surface area contributed by atoms with Crippen molar-refractivity contribution >= 4 is 23.0 Å². The Bertz CT molecular complexity index is 333. The van der Waals surface area contributed by atoms with E-state index in [0.29, 0.717) is 12.1 Å². The minimum absolute atomic E-state index is 0.268. The van der Waals surface area contributed by atoms with Gasteiger partial charge in [0.15, 0.2) is 0 Å². The maximum Gasteiger partial charge on any atom is 0.373 e. The van der Waals surface area contributed by atoms with E-state index in [4.69, 9.17) is 5.02 Å². The number of hydrogen-bond acceptors (Lipinski definition) is 2. The number of aryl methyl sites for hydroxylation is 1. The van der Waals surface area contributed by atoms with Crippen LogP contribution in [-0.2, 0) is 6.54 Å². The molecule has 1 rings (SSSR count). The molecule has 0 aliphatic carbocycles. The van der Waals surface area contributed by atoms with Gasteiger partial charge in [0, 0.05) is 16.6 Å². The Kier molecular flexibility index (Phi) is 4.10. The van der Waals surface area contributed by atoms with Crippen LogP contribution in [0, 0.1) is 12.7 Å². The van der Waals surface area contributed by atoms with E-state index >= 15 is 0 Å². The molecule has 76 valence electrons. The first-order valence-electron chi connectivity index (χ1n) is 4.36. The van der Waals surface area contributed by atoms with Gasteiger partial charge < -0.3 is 10.3 Å². The van der Waals surface area contributed by atoms with E-state index in [9.17, 15) is 4.39 Å². The third-order valence-electron chi connectivity index (χ3n) is 1.92. The number of benzene rings is 1. The topological polar surface area (TPSA) is 32.3 Å². The molecule has 0 aromatic heterocycles. The average molecular weight is 260 g/mol. The summed E-state index contributed by atoms with van der Waals surface area (Å²) in [4.78, 5) is 0. The molecule has 0 radical (unpaired) electrons. The monoisotopic (exact) mass is 259 g/mol. The van der Waals surface area contributed by atoms with Gasteiger partial charge in [0.25, 0.3) is 0 Å². The molecule has 14 heavy (non-hydrogen) atoms. The quantitative estimate of drug-likeness (QED) is 0.815. The molecule has 0 amide bonds. The lowest BCUT2D eigenvalue weighted by Gasteiger charge is -2.08. The maximum atomic E-state index is 13.3. The van der Waals surface area contributed by atoms with Crippen LogP contribution < -0.4 is 5.23 Å². The Morgan fingerprint density at radius 1 is 1.57 bits per heavy atom. The van der Waals surface area contributed by atoms with E-state index in [1.165, 1.54) is 6.07 Å². The molecule has 0 spiro atoms. The van der Waals surface area contributed by atoms with Gasteiger partial charge in [-0.2, -0.15) is 0 Å². The van der Waals surface area contributed by atoms with Crippen molar-refractivity contribution in [1.29, 1.82) is 0 Å². The van der Waals surface area contributed by atoms with Crippen LogP contribution in [-0.4, -0.2) is 12.1 Å². The third kappa shape index (κ3) is 3.08. The largest absolute Gasteiger partial charge is 0.437 e. The lowest BCUT2D eigenvalue weighted by molar-refractivity contribution is 0.547. The summed E-state index contributed by atoms with van der Waals surface area (Å²) < 4.78 is 14.1. The molecular formula is C9H12BBrFNO. The normalized spacial score (nSPS) is 10.4. The summed E-state index contributed by atoms with van der Waals surface area (Å²) in [5.41, 5.74) is 1.54. The molecule has 0 aliphatic heterocycles. The zero-order valence-corrected chi connectivity index (χ0v) is 9.73. The highest BCUT2D eigenvalue weighted by Gasteiger charge is 2.07. The second kappa shape index (κ2) is 4.91. The first-order chi connectivity index (χ1) is 6.50. The molecule has 1 aromatic rings. The molecule has 0 bridgehead atoms. The highest BCUT2D eigenvalue weighted by atomic mass is 79.9. The first kappa shape index (κ1) is 11.7. The lowest BCUT2D eigenvalue weighted by Crippen LogP contribution is -2.30. The van der Waals surface area contributed by atoms with Crippen molar-refractivity contribution in [3.63, 3.8) is 0 Å². The molecule has 1 aromatic carbocycles. The Balaban J connectivity index is 2.82. The van der Waals surface area contributed by atoms with Crippen molar-refractivity contribution < 1.29 is 9.41 Å². The van der Waals surface area contributed by atoms with Gasteiger partial charge in [0.2, 0.25) is 0 Å². The second-order valence-electron chi connectivity index (χ2n) is 3.25. The van der Waals surface area contributed by atoms with Crippen LogP contribution in [0.4, 0.5) is 4.39 Å². The fraction of sp³-hybridized carbons (Fsp3) is 0.333. The van der Waals surface area contributed by atoms with E-state index in [1.54, 1.807) is 12.9 Å². The Morgan fingerprint density at radius 2 is 2.21 bits per heavy atom. The van der Waals surface area contributed by atoms with Crippen LogP contribution in [0.1, 0.15) is 11.1 Å². The van der Waals surface area contributed by atoms with Gasteiger partial charge in [-0.1, -0.05) is 22.0 Å². The molecule has 0 saturated carbocycles. The van der Waals surface area contributed by atoms with Gasteiger partial charge in [-0.3, -0.25) is 0 Å². The van der Waals surface area contributed by atoms with Gasteiger partial charge in [0.05, 0.1) is 0 Å². The van der Waals surface area contributed by atoms with Gasteiger partial charge in [-0.15, -0.1) is 0 Å². The minimum atomic E-state index is -0.627. The summed E-state index contributed by atoms with van der Waals surface area (Å²) in [6.45, 7) is 3.83. The van der Waals surface area contributed by atoms with E-state index in [2.05, 4.69) is 21.2 Å². The average Bonchev–Trinajstić information content (AvgIpc) is 2.09. The van der Waals surface area contributed by atoms with E-state index in [-0.39, 0.29) is 5.82 Å². The van der Waals surface area contributed by atoms with Crippen LogP contribution in [0.15, 0.2) is 16.6 Å². The highest BCUT2D eigenvalue weighted by molar-refractivity contribution is 9.10. The number of hydrogen-bond donors (Lipinski definition) is 2. The molecule has 0 unspecified atom stereocenters. The summed E-state index contributed by atoms with van der Waals surface area (Å²) >= 11 is 3.25. The van der Waals surface area contributed by atoms with Crippen LogP contribution >= 0.6 is 15.9 Å². The van der Waals surface area contributed by atoms with Crippen LogP contribution in [0.2, 0.25) is 6.82 Å². The molecule has 0 heterocycles. The van der Waals surface area contributed by atoms with Crippen molar-refractivity contribution in [2.24, 2.45) is 0 Å². The zero-order chi connectivity index (χ0) is 10.7. The van der Waals surface area contributed by atoms with Gasteiger partial charge in [-0.05, 0) is 25.4 Å². The van der Waals surface area contributed by atoms with Crippen LogP contribution in [0.3, 0.4) is 0 Å². The summed E-state index contributed by atoms with van der Waals surface area (Å²) in [7, 11) is -0.627. The molecule has 0 aliphatic rings. The Hall–Kier alpha value is -0.385. The molecule has 0 atom stereocenters. The number of rotatable bonds is 3. The fourth-order valence-electron chi connectivity index (χ4n) is 1.11. The van der Waals surface area contributed by atoms with Gasteiger partial charge in [0.1, 0.15) is 5.82 Å². The van der Waals surface area contributed by atoms with Crippen molar-refractivity contribution in [2.75, 3.05) is 0 Å². The third-order valence-corrected chi connectivity index (χ3v) is 2.77. The van der Waals surface area contributed by atoms with Crippen molar-refractivity contribution in [3.05, 3.63) is 33.5 Å². The number of nitrogens with one attached hydrogen (secondary N) is 1. The van der Waals surface area contributed by atoms with Crippen molar-refractivity contribution in [1.82, 2.24) is 5.23 Å². The zero-order valence-electron chi connectivity index (χ0n) is 8.14. The molecule has 0 fully saturated rings. The molecule has 2 N–H and O–H groups in total. The summed E-state index contributed by atoms with van der Waals surface area (Å²) in [5, 5.41) is 11.7. The van der Waals surface area contributed by atoms with E-state index < -0.39 is 7.05 Å². The lowest BCUT2D eigenvalue weighted by atomic mass is 9.88. The summed E-state index contributed by atoms with van der Waals surface area (Å²) in [5.74, 6) is -0.268. The minimum Gasteiger partial charge on any atom is -0.437 e. The van der Waals surface area contributed by atoms with Crippen molar-refractivity contribution in [3.8, 4) is 0 Å². The van der Waals surface area contributed by atoms with E-state index in [0.717, 1.165) is 10.0 Å². The Labute approximate surface area is 91.8 Å². The predicted octanol–water partition coefficient (Wildman–Crippen LogP) is 2.10.